The normalized spacial score (nSPS) is 16.8. The molecule has 2 atom stereocenters. The highest BCUT2D eigenvalue weighted by molar-refractivity contribution is 5.70. The minimum absolute atomic E-state index is 0.494. The van der Waals surface area contributed by atoms with Gasteiger partial charge in [0.2, 0.25) is 0 Å². The van der Waals surface area contributed by atoms with Crippen molar-refractivity contribution in [3.05, 3.63) is 0 Å². The molecule has 0 aromatic rings. The fourth-order valence-electron chi connectivity index (χ4n) is 0.518. The summed E-state index contributed by atoms with van der Waals surface area (Å²) in [6.45, 7) is 3.25. The molecule has 0 spiro atoms. The van der Waals surface area contributed by atoms with Crippen molar-refractivity contribution >= 4 is 5.97 Å². The summed E-state index contributed by atoms with van der Waals surface area (Å²) in [6.07, 6.45) is -0.213. The Balaban J connectivity index is 3.72. The van der Waals surface area contributed by atoms with Crippen molar-refractivity contribution in [3.63, 3.8) is 0 Å². The van der Waals surface area contributed by atoms with E-state index in [0.717, 1.165) is 0 Å². The number of carboxylic acid groups (broad SMARTS) is 1. The lowest BCUT2D eigenvalue weighted by Gasteiger charge is -2.10. The van der Waals surface area contributed by atoms with Crippen LogP contribution in [-0.4, -0.2) is 22.3 Å². The van der Waals surface area contributed by atoms with E-state index >= 15 is 0 Å². The van der Waals surface area contributed by atoms with Crippen LogP contribution < -0.4 is 0 Å². The molecule has 9 heavy (non-hydrogen) atoms. The zero-order valence-corrected chi connectivity index (χ0v) is 5.66. The molecule has 0 aliphatic heterocycles. The van der Waals surface area contributed by atoms with Gasteiger partial charge in [-0.3, -0.25) is 4.79 Å². The van der Waals surface area contributed by atoms with E-state index in [1.807, 2.05) is 0 Å². The second kappa shape index (κ2) is 3.45. The fraction of sp³-hybridized carbons (Fsp3) is 0.833. The van der Waals surface area contributed by atoms with Gasteiger partial charge in [-0.1, -0.05) is 6.92 Å². The maximum Gasteiger partial charge on any atom is 0.308 e. The largest absolute Gasteiger partial charge is 0.481 e. The maximum atomic E-state index is 10.1. The average Bonchev–Trinajstić information content (AvgIpc) is 1.84. The summed E-state index contributed by atoms with van der Waals surface area (Å²) >= 11 is 0. The first kappa shape index (κ1) is 8.43. The van der Waals surface area contributed by atoms with Gasteiger partial charge in [0.05, 0.1) is 12.0 Å². The van der Waals surface area contributed by atoms with Gasteiger partial charge in [-0.05, 0) is 13.3 Å². The van der Waals surface area contributed by atoms with E-state index in [-0.39, 0.29) is 0 Å². The van der Waals surface area contributed by atoms with Gasteiger partial charge in [0.15, 0.2) is 0 Å². The van der Waals surface area contributed by atoms with E-state index < -0.39 is 18.0 Å². The van der Waals surface area contributed by atoms with E-state index in [9.17, 15) is 4.79 Å². The number of hydrogen-bond donors (Lipinski definition) is 2. The van der Waals surface area contributed by atoms with Gasteiger partial charge in [-0.25, -0.2) is 0 Å². The number of rotatable bonds is 3. The SMILES string of the molecule is CC[C@H](O)C(C)C(=O)O. The summed E-state index contributed by atoms with van der Waals surface area (Å²) in [7, 11) is 0. The van der Waals surface area contributed by atoms with Crippen molar-refractivity contribution in [2.45, 2.75) is 26.4 Å². The van der Waals surface area contributed by atoms with Crippen LogP contribution in [0, 0.1) is 5.92 Å². The summed E-state index contributed by atoms with van der Waals surface area (Å²) in [4.78, 5) is 10.1. The molecule has 0 rings (SSSR count). The van der Waals surface area contributed by atoms with Crippen molar-refractivity contribution in [3.8, 4) is 0 Å². The minimum atomic E-state index is -0.940. The number of carboxylic acids is 1. The van der Waals surface area contributed by atoms with E-state index in [1.165, 1.54) is 6.92 Å². The van der Waals surface area contributed by atoms with E-state index in [1.54, 1.807) is 6.92 Å². The van der Waals surface area contributed by atoms with Crippen LogP contribution in [0.5, 0.6) is 0 Å². The molecule has 0 saturated heterocycles. The molecule has 0 heterocycles. The van der Waals surface area contributed by atoms with Crippen molar-refractivity contribution in [2.75, 3.05) is 0 Å². The molecule has 0 aromatic heterocycles. The fourth-order valence-corrected chi connectivity index (χ4v) is 0.518. The number of aliphatic carboxylic acids is 1. The predicted octanol–water partition coefficient (Wildman–Crippen LogP) is 0.478. The molecule has 0 aliphatic carbocycles. The molecule has 0 aromatic carbocycles. The molecule has 3 nitrogen and oxygen atoms in total. The zero-order valence-electron chi connectivity index (χ0n) is 5.66. The molecule has 0 aliphatic rings. The van der Waals surface area contributed by atoms with Crippen LogP contribution in [0.4, 0.5) is 0 Å². The molecule has 0 saturated carbocycles. The lowest BCUT2D eigenvalue weighted by Crippen LogP contribution is -2.24. The van der Waals surface area contributed by atoms with Crippen LogP contribution in [0.3, 0.4) is 0 Å². The Labute approximate surface area is 54.3 Å². The lowest BCUT2D eigenvalue weighted by molar-refractivity contribution is -0.144. The maximum absolute atomic E-state index is 10.1. The number of aliphatic hydroxyl groups is 1. The van der Waals surface area contributed by atoms with Crippen LogP contribution in [0.25, 0.3) is 0 Å². The minimum Gasteiger partial charge on any atom is -0.481 e. The Hall–Kier alpha value is -0.570. The summed E-state index contributed by atoms with van der Waals surface area (Å²) < 4.78 is 0. The molecule has 3 heteroatoms. The third-order valence-electron chi connectivity index (χ3n) is 1.38. The molecular weight excluding hydrogens is 120 g/mol. The van der Waals surface area contributed by atoms with Gasteiger partial charge in [0.1, 0.15) is 0 Å². The van der Waals surface area contributed by atoms with Crippen molar-refractivity contribution in [1.29, 1.82) is 0 Å². The van der Waals surface area contributed by atoms with Crippen molar-refractivity contribution in [2.24, 2.45) is 5.92 Å². The van der Waals surface area contributed by atoms with Gasteiger partial charge in [-0.15, -0.1) is 0 Å². The van der Waals surface area contributed by atoms with Crippen LogP contribution in [0.2, 0.25) is 0 Å². The second-order valence-electron chi connectivity index (χ2n) is 2.10. The quantitative estimate of drug-likeness (QED) is 0.587. The summed E-state index contributed by atoms with van der Waals surface area (Å²) in [5.74, 6) is -1.58. The van der Waals surface area contributed by atoms with Crippen LogP contribution >= 0.6 is 0 Å². The van der Waals surface area contributed by atoms with Crippen molar-refractivity contribution < 1.29 is 15.0 Å². The third kappa shape index (κ3) is 2.46. The van der Waals surface area contributed by atoms with E-state index in [4.69, 9.17) is 10.2 Å². The first-order valence-corrected chi connectivity index (χ1v) is 3.00. The molecule has 0 radical (unpaired) electrons. The first-order chi connectivity index (χ1) is 4.09. The highest BCUT2D eigenvalue weighted by Gasteiger charge is 2.18. The van der Waals surface area contributed by atoms with Crippen LogP contribution in [0.1, 0.15) is 20.3 Å². The number of carbonyl (C=O) groups is 1. The molecular formula is C6H12O3. The Morgan fingerprint density at radius 2 is 2.11 bits per heavy atom. The molecule has 1 unspecified atom stereocenters. The first-order valence-electron chi connectivity index (χ1n) is 3.00. The van der Waals surface area contributed by atoms with E-state index in [2.05, 4.69) is 0 Å². The predicted molar refractivity (Wildman–Crippen MR) is 33.1 cm³/mol. The third-order valence-corrected chi connectivity index (χ3v) is 1.38. The van der Waals surface area contributed by atoms with Crippen LogP contribution in [-0.2, 0) is 4.79 Å². The summed E-state index contributed by atoms with van der Waals surface area (Å²) in [5.41, 5.74) is 0. The average molecular weight is 132 g/mol. The molecule has 54 valence electrons. The van der Waals surface area contributed by atoms with Gasteiger partial charge in [-0.2, -0.15) is 0 Å². The Morgan fingerprint density at radius 3 is 2.22 bits per heavy atom. The topological polar surface area (TPSA) is 57.5 Å². The number of aliphatic hydroxyl groups excluding tert-OH is 1. The second-order valence-corrected chi connectivity index (χ2v) is 2.10. The zero-order chi connectivity index (χ0) is 7.44. The number of hydrogen-bond acceptors (Lipinski definition) is 2. The van der Waals surface area contributed by atoms with Gasteiger partial charge >= 0.3 is 5.97 Å². The summed E-state index contributed by atoms with van der Waals surface area (Å²) in [5, 5.41) is 17.2. The molecule has 0 amide bonds. The summed E-state index contributed by atoms with van der Waals surface area (Å²) in [6, 6.07) is 0. The highest BCUT2D eigenvalue weighted by Crippen LogP contribution is 2.05. The Morgan fingerprint density at radius 1 is 1.67 bits per heavy atom. The lowest BCUT2D eigenvalue weighted by atomic mass is 10.0. The van der Waals surface area contributed by atoms with Crippen molar-refractivity contribution in [1.82, 2.24) is 0 Å². The Kier molecular flexibility index (Phi) is 3.24. The van der Waals surface area contributed by atoms with Gasteiger partial charge in [0.25, 0.3) is 0 Å². The smallest absolute Gasteiger partial charge is 0.308 e. The van der Waals surface area contributed by atoms with Gasteiger partial charge in [0, 0.05) is 0 Å². The Bertz CT molecular complexity index is 100. The van der Waals surface area contributed by atoms with Gasteiger partial charge < -0.3 is 10.2 Å². The monoisotopic (exact) mass is 132 g/mol. The van der Waals surface area contributed by atoms with Crippen LogP contribution in [0.15, 0.2) is 0 Å². The standard InChI is InChI=1S/C6H12O3/c1-3-5(7)4(2)6(8)9/h4-5,7H,3H2,1-2H3,(H,8,9)/t4?,5-/m0/s1. The molecule has 0 bridgehead atoms. The highest BCUT2D eigenvalue weighted by atomic mass is 16.4. The molecule has 0 fully saturated rings. The van der Waals surface area contributed by atoms with E-state index in [0.29, 0.717) is 6.42 Å². The molecule has 2 N–H and O–H groups in total.